The fourth-order valence-corrected chi connectivity index (χ4v) is 4.68. The molecule has 0 bridgehead atoms. The fraction of sp³-hybridized carbons (Fsp3) is 0.424. The monoisotopic (exact) mass is 596 g/mol. The first kappa shape index (κ1) is 32.7. The van der Waals surface area contributed by atoms with Crippen molar-refractivity contribution in [3.63, 3.8) is 0 Å². The van der Waals surface area contributed by atoms with Crippen molar-refractivity contribution < 1.29 is 48.5 Å². The molecule has 1 aliphatic heterocycles. The van der Waals surface area contributed by atoms with Crippen LogP contribution in [0.15, 0.2) is 91.0 Å². The summed E-state index contributed by atoms with van der Waals surface area (Å²) in [6, 6.07) is 28.7. The highest BCUT2D eigenvalue weighted by atomic mass is 16.7. The fourth-order valence-electron chi connectivity index (χ4n) is 4.68. The Labute approximate surface area is 251 Å². The van der Waals surface area contributed by atoms with E-state index < -0.39 is 48.7 Å². The zero-order valence-corrected chi connectivity index (χ0v) is 24.2. The summed E-state index contributed by atoms with van der Waals surface area (Å²) < 4.78 is 34.5. The van der Waals surface area contributed by atoms with Crippen molar-refractivity contribution in [2.24, 2.45) is 5.41 Å². The van der Waals surface area contributed by atoms with Crippen molar-refractivity contribution in [3.05, 3.63) is 108 Å². The molecule has 3 aromatic carbocycles. The molecule has 232 valence electrons. The van der Waals surface area contributed by atoms with Gasteiger partial charge in [-0.2, -0.15) is 0 Å². The summed E-state index contributed by atoms with van der Waals surface area (Å²) in [7, 11) is 1.30. The lowest BCUT2D eigenvalue weighted by atomic mass is 9.90. The molecule has 1 fully saturated rings. The first-order valence-corrected chi connectivity index (χ1v) is 14.2. The molecule has 4 rings (SSSR count). The highest BCUT2D eigenvalue weighted by molar-refractivity contribution is 5.77. The predicted molar refractivity (Wildman–Crippen MR) is 155 cm³/mol. The van der Waals surface area contributed by atoms with E-state index in [1.54, 1.807) is 0 Å². The van der Waals surface area contributed by atoms with Gasteiger partial charge in [-0.05, 0) is 16.7 Å². The smallest absolute Gasteiger partial charge is 0.319 e. The van der Waals surface area contributed by atoms with Crippen molar-refractivity contribution in [2.75, 3.05) is 33.5 Å². The number of methoxy groups -OCH3 is 1. The third kappa shape index (κ3) is 9.40. The van der Waals surface area contributed by atoms with E-state index in [0.717, 1.165) is 16.7 Å². The summed E-state index contributed by atoms with van der Waals surface area (Å²) in [5.41, 5.74) is 1.39. The Morgan fingerprint density at radius 1 is 0.674 bits per heavy atom. The van der Waals surface area contributed by atoms with Crippen molar-refractivity contribution in [1.29, 1.82) is 0 Å². The maximum atomic E-state index is 13.9. The van der Waals surface area contributed by atoms with E-state index in [0.29, 0.717) is 0 Å². The molecule has 1 saturated heterocycles. The number of hydrogen-bond acceptors (Lipinski definition) is 10. The second-order valence-corrected chi connectivity index (χ2v) is 10.6. The molecule has 0 spiro atoms. The van der Waals surface area contributed by atoms with Crippen LogP contribution < -0.4 is 0 Å². The number of carbonyl (C=O) groups is 1. The Balaban J connectivity index is 1.51. The first-order valence-electron chi connectivity index (χ1n) is 14.2. The van der Waals surface area contributed by atoms with E-state index in [9.17, 15) is 20.1 Å². The summed E-state index contributed by atoms with van der Waals surface area (Å²) in [5.74, 6) is -0.688. The molecule has 0 aliphatic carbocycles. The number of hydrogen-bond donors (Lipinski definition) is 3. The molecule has 0 aromatic heterocycles. The molecule has 0 unspecified atom stereocenters. The van der Waals surface area contributed by atoms with E-state index in [1.807, 2.05) is 91.0 Å². The number of ether oxygens (including phenoxy) is 6. The SMILES string of the molecule is CO[C@H]1O[C@H](COC(=O)C(COCc2ccccc2)(COCc2ccccc2)COCc2ccccc2)[C@@H](O)[C@H](O)[C@H]1O. The van der Waals surface area contributed by atoms with Crippen LogP contribution in [0.2, 0.25) is 0 Å². The summed E-state index contributed by atoms with van der Waals surface area (Å²) in [5, 5.41) is 30.8. The van der Waals surface area contributed by atoms with Gasteiger partial charge in [-0.1, -0.05) is 91.0 Å². The van der Waals surface area contributed by atoms with Gasteiger partial charge in [-0.3, -0.25) is 4.79 Å². The van der Waals surface area contributed by atoms with Gasteiger partial charge in [0.25, 0.3) is 0 Å². The van der Waals surface area contributed by atoms with Crippen LogP contribution in [0.25, 0.3) is 0 Å². The van der Waals surface area contributed by atoms with E-state index in [4.69, 9.17) is 28.4 Å². The van der Waals surface area contributed by atoms with Gasteiger partial charge < -0.3 is 43.7 Å². The number of aliphatic hydroxyl groups is 3. The highest BCUT2D eigenvalue weighted by Crippen LogP contribution is 2.27. The summed E-state index contributed by atoms with van der Waals surface area (Å²) in [6.45, 7) is 0.0780. The van der Waals surface area contributed by atoms with Gasteiger partial charge in [0.05, 0.1) is 39.6 Å². The Kier molecular flexibility index (Phi) is 12.6. The number of aliphatic hydroxyl groups excluding tert-OH is 3. The molecule has 10 nitrogen and oxygen atoms in total. The number of carbonyl (C=O) groups excluding carboxylic acids is 1. The lowest BCUT2D eigenvalue weighted by molar-refractivity contribution is -0.295. The zero-order chi connectivity index (χ0) is 30.5. The molecular formula is C33H40O10. The highest BCUT2D eigenvalue weighted by Gasteiger charge is 2.46. The Morgan fingerprint density at radius 3 is 1.49 bits per heavy atom. The van der Waals surface area contributed by atoms with Gasteiger partial charge in [0.15, 0.2) is 6.29 Å². The largest absolute Gasteiger partial charge is 0.462 e. The van der Waals surface area contributed by atoms with Gasteiger partial charge in [0.2, 0.25) is 0 Å². The van der Waals surface area contributed by atoms with Gasteiger partial charge in [0.1, 0.15) is 36.4 Å². The Hall–Kier alpha value is -3.19. The van der Waals surface area contributed by atoms with E-state index in [1.165, 1.54) is 7.11 Å². The number of rotatable bonds is 16. The zero-order valence-electron chi connectivity index (χ0n) is 24.2. The standard InChI is InChI=1S/C33H40O10/c1-38-31-30(36)29(35)28(34)27(43-31)20-42-32(37)33(21-39-17-24-11-5-2-6-12-24,22-40-18-25-13-7-3-8-14-25)23-41-19-26-15-9-4-10-16-26/h2-16,27-31,34-36H,17-23H2,1H3/t27-,28-,29+,30-,31+/m1/s1. The van der Waals surface area contributed by atoms with Crippen LogP contribution in [0.3, 0.4) is 0 Å². The molecule has 0 radical (unpaired) electrons. The van der Waals surface area contributed by atoms with Crippen LogP contribution in [0.5, 0.6) is 0 Å². The quantitative estimate of drug-likeness (QED) is 0.212. The van der Waals surface area contributed by atoms with Crippen molar-refractivity contribution in [2.45, 2.75) is 50.5 Å². The molecule has 10 heteroatoms. The van der Waals surface area contributed by atoms with Crippen LogP contribution in [0.1, 0.15) is 16.7 Å². The molecular weight excluding hydrogens is 556 g/mol. The Morgan fingerprint density at radius 2 is 1.09 bits per heavy atom. The van der Waals surface area contributed by atoms with Gasteiger partial charge in [-0.15, -0.1) is 0 Å². The van der Waals surface area contributed by atoms with E-state index >= 15 is 0 Å². The molecule has 0 saturated carbocycles. The number of esters is 1. The van der Waals surface area contributed by atoms with Crippen molar-refractivity contribution >= 4 is 5.97 Å². The van der Waals surface area contributed by atoms with E-state index in [2.05, 4.69) is 0 Å². The summed E-state index contributed by atoms with van der Waals surface area (Å²) in [6.07, 6.45) is -6.88. The third-order valence-electron chi connectivity index (χ3n) is 7.18. The van der Waals surface area contributed by atoms with Gasteiger partial charge in [-0.25, -0.2) is 0 Å². The van der Waals surface area contributed by atoms with E-state index in [-0.39, 0.29) is 39.6 Å². The average molecular weight is 597 g/mol. The van der Waals surface area contributed by atoms with Crippen molar-refractivity contribution in [3.8, 4) is 0 Å². The molecule has 43 heavy (non-hydrogen) atoms. The van der Waals surface area contributed by atoms with Crippen LogP contribution in [-0.2, 0) is 53.0 Å². The molecule has 0 amide bonds. The minimum Gasteiger partial charge on any atom is -0.462 e. The molecule has 3 N–H and O–H groups in total. The average Bonchev–Trinajstić information content (AvgIpc) is 3.04. The minimum absolute atomic E-state index is 0.0829. The van der Waals surface area contributed by atoms with Crippen molar-refractivity contribution in [1.82, 2.24) is 0 Å². The van der Waals surface area contributed by atoms with Crippen LogP contribution >= 0.6 is 0 Å². The summed E-state index contributed by atoms with van der Waals surface area (Å²) >= 11 is 0. The molecule has 3 aromatic rings. The lowest BCUT2D eigenvalue weighted by Crippen LogP contribution is -2.59. The van der Waals surface area contributed by atoms with Gasteiger partial charge in [0, 0.05) is 7.11 Å². The van der Waals surface area contributed by atoms with Crippen LogP contribution in [-0.4, -0.2) is 85.5 Å². The second kappa shape index (κ2) is 16.6. The summed E-state index contributed by atoms with van der Waals surface area (Å²) in [4.78, 5) is 13.9. The first-order chi connectivity index (χ1) is 20.9. The normalized spacial score (nSPS) is 22.3. The Bertz CT molecular complexity index is 1100. The maximum Gasteiger partial charge on any atom is 0.319 e. The maximum absolute atomic E-state index is 13.9. The third-order valence-corrected chi connectivity index (χ3v) is 7.18. The molecule has 5 atom stereocenters. The molecule has 1 aliphatic rings. The van der Waals surface area contributed by atoms with Crippen LogP contribution in [0.4, 0.5) is 0 Å². The predicted octanol–water partition coefficient (Wildman–Crippen LogP) is 2.62. The molecule has 1 heterocycles. The van der Waals surface area contributed by atoms with Gasteiger partial charge >= 0.3 is 5.97 Å². The minimum atomic E-state index is -1.55. The topological polar surface area (TPSA) is 133 Å². The second-order valence-electron chi connectivity index (χ2n) is 10.6. The lowest BCUT2D eigenvalue weighted by Gasteiger charge is -2.40. The van der Waals surface area contributed by atoms with Crippen LogP contribution in [0, 0.1) is 5.41 Å². The number of benzene rings is 3.